The van der Waals surface area contributed by atoms with Crippen molar-refractivity contribution in [2.24, 2.45) is 0 Å². The van der Waals surface area contributed by atoms with E-state index in [1.807, 2.05) is 39.0 Å². The third-order valence-corrected chi connectivity index (χ3v) is 4.28. The first kappa shape index (κ1) is 21.9. The Morgan fingerprint density at radius 3 is 2.38 bits per heavy atom. The summed E-state index contributed by atoms with van der Waals surface area (Å²) >= 11 is 0. The number of esters is 2. The second-order valence-corrected chi connectivity index (χ2v) is 6.80. The molecule has 1 amide bonds. The Bertz CT molecular complexity index is 913. The van der Waals surface area contributed by atoms with E-state index in [1.54, 1.807) is 30.3 Å². The van der Waals surface area contributed by atoms with Crippen LogP contribution in [0.2, 0.25) is 0 Å². The Hall–Kier alpha value is -3.41. The molecule has 2 rings (SSSR count). The molecule has 0 radical (unpaired) electrons. The largest absolute Gasteiger partial charge is 0.465 e. The van der Waals surface area contributed by atoms with Gasteiger partial charge in [-0.1, -0.05) is 44.2 Å². The van der Waals surface area contributed by atoms with Gasteiger partial charge in [-0.25, -0.2) is 9.59 Å². The topological polar surface area (TPSA) is 81.7 Å². The minimum absolute atomic E-state index is 0.251. The molecule has 0 heterocycles. The minimum Gasteiger partial charge on any atom is -0.465 e. The zero-order chi connectivity index (χ0) is 21.4. The number of anilines is 1. The first-order valence-corrected chi connectivity index (χ1v) is 9.24. The van der Waals surface area contributed by atoms with Gasteiger partial charge in [0.2, 0.25) is 0 Å². The zero-order valence-corrected chi connectivity index (χ0v) is 17.0. The molecule has 0 aromatic heterocycles. The Morgan fingerprint density at radius 1 is 1.07 bits per heavy atom. The van der Waals surface area contributed by atoms with E-state index in [9.17, 15) is 14.4 Å². The molecule has 0 atom stereocenters. The van der Waals surface area contributed by atoms with E-state index in [2.05, 4.69) is 10.1 Å². The summed E-state index contributed by atoms with van der Waals surface area (Å²) in [7, 11) is 1.31. The third-order valence-electron chi connectivity index (χ3n) is 4.28. The SMILES string of the molecule is COC(=O)c1ccc(/C=C/C(=O)OCC(=O)Nc2c(C)cccc2C(C)C)cc1. The maximum atomic E-state index is 12.2. The van der Waals surface area contributed by atoms with Gasteiger partial charge < -0.3 is 14.8 Å². The molecule has 6 heteroatoms. The van der Waals surface area contributed by atoms with Gasteiger partial charge in [0.1, 0.15) is 0 Å². The number of aryl methyl sites for hydroxylation is 1. The van der Waals surface area contributed by atoms with Crippen molar-refractivity contribution in [3.05, 3.63) is 70.8 Å². The van der Waals surface area contributed by atoms with Gasteiger partial charge in [-0.2, -0.15) is 0 Å². The molecule has 6 nitrogen and oxygen atoms in total. The number of para-hydroxylation sites is 1. The van der Waals surface area contributed by atoms with Crippen molar-refractivity contribution in [2.75, 3.05) is 19.0 Å². The molecule has 2 aromatic carbocycles. The average Bonchev–Trinajstić information content (AvgIpc) is 2.71. The number of rotatable bonds is 7. The fraction of sp³-hybridized carbons (Fsp3) is 0.261. The quantitative estimate of drug-likeness (QED) is 0.564. The van der Waals surface area contributed by atoms with Gasteiger partial charge in [-0.3, -0.25) is 4.79 Å². The Morgan fingerprint density at radius 2 is 1.76 bits per heavy atom. The standard InChI is InChI=1S/C23H25NO5/c1-15(2)19-7-5-6-16(3)22(19)24-20(25)14-29-21(26)13-10-17-8-11-18(12-9-17)23(27)28-4/h5-13,15H,14H2,1-4H3,(H,24,25)/b13-10+. The van der Waals surface area contributed by atoms with Crippen molar-refractivity contribution < 1.29 is 23.9 Å². The normalized spacial score (nSPS) is 10.8. The second kappa shape index (κ2) is 10.2. The summed E-state index contributed by atoms with van der Waals surface area (Å²) in [4.78, 5) is 35.5. The number of amides is 1. The highest BCUT2D eigenvalue weighted by Crippen LogP contribution is 2.27. The Kier molecular flexibility index (Phi) is 7.71. The van der Waals surface area contributed by atoms with Gasteiger partial charge >= 0.3 is 11.9 Å². The van der Waals surface area contributed by atoms with E-state index in [4.69, 9.17) is 4.74 Å². The molecule has 29 heavy (non-hydrogen) atoms. The average molecular weight is 395 g/mol. The van der Waals surface area contributed by atoms with E-state index in [1.165, 1.54) is 13.2 Å². The lowest BCUT2D eigenvalue weighted by Gasteiger charge is -2.16. The van der Waals surface area contributed by atoms with Gasteiger partial charge in [0.05, 0.1) is 12.7 Å². The lowest BCUT2D eigenvalue weighted by Crippen LogP contribution is -2.21. The zero-order valence-electron chi connectivity index (χ0n) is 17.0. The number of carbonyl (C=O) groups is 3. The van der Waals surface area contributed by atoms with Crippen LogP contribution in [-0.2, 0) is 19.1 Å². The lowest BCUT2D eigenvalue weighted by molar-refractivity contribution is -0.142. The first-order chi connectivity index (χ1) is 13.8. The summed E-state index contributed by atoms with van der Waals surface area (Å²) in [6.07, 6.45) is 2.77. The van der Waals surface area contributed by atoms with Gasteiger partial charge in [0, 0.05) is 11.8 Å². The van der Waals surface area contributed by atoms with Crippen molar-refractivity contribution in [2.45, 2.75) is 26.7 Å². The summed E-state index contributed by atoms with van der Waals surface area (Å²) in [5, 5.41) is 2.83. The van der Waals surface area contributed by atoms with E-state index < -0.39 is 17.8 Å². The fourth-order valence-corrected chi connectivity index (χ4v) is 2.72. The molecule has 0 bridgehead atoms. The van der Waals surface area contributed by atoms with Crippen LogP contribution in [0.25, 0.3) is 6.08 Å². The summed E-state index contributed by atoms with van der Waals surface area (Å²) in [5.74, 6) is -1.21. The Balaban J connectivity index is 1.90. The van der Waals surface area contributed by atoms with Gasteiger partial charge in [0.15, 0.2) is 6.61 Å². The molecule has 0 aliphatic carbocycles. The van der Waals surface area contributed by atoms with Gasteiger partial charge in [0.25, 0.3) is 5.91 Å². The van der Waals surface area contributed by atoms with Gasteiger partial charge in [-0.05, 0) is 47.7 Å². The molecule has 0 fully saturated rings. The second-order valence-electron chi connectivity index (χ2n) is 6.80. The van der Waals surface area contributed by atoms with Crippen LogP contribution in [0.3, 0.4) is 0 Å². The smallest absolute Gasteiger partial charge is 0.337 e. The van der Waals surface area contributed by atoms with Crippen LogP contribution >= 0.6 is 0 Å². The maximum absolute atomic E-state index is 12.2. The molecular weight excluding hydrogens is 370 g/mol. The number of hydrogen-bond donors (Lipinski definition) is 1. The van der Waals surface area contributed by atoms with Crippen molar-refractivity contribution >= 4 is 29.6 Å². The number of carbonyl (C=O) groups excluding carboxylic acids is 3. The van der Waals surface area contributed by atoms with E-state index in [0.29, 0.717) is 11.1 Å². The summed E-state index contributed by atoms with van der Waals surface area (Å²) in [5.41, 5.74) is 3.86. The van der Waals surface area contributed by atoms with Crippen molar-refractivity contribution in [1.29, 1.82) is 0 Å². The van der Waals surface area contributed by atoms with Crippen LogP contribution in [0.15, 0.2) is 48.5 Å². The Labute approximate surface area is 170 Å². The number of methoxy groups -OCH3 is 1. The monoisotopic (exact) mass is 395 g/mol. The molecule has 0 saturated carbocycles. The molecule has 0 aliphatic rings. The molecule has 2 aromatic rings. The van der Waals surface area contributed by atoms with E-state index >= 15 is 0 Å². The predicted octanol–water partition coefficient (Wildman–Crippen LogP) is 4.10. The van der Waals surface area contributed by atoms with Crippen LogP contribution < -0.4 is 5.32 Å². The van der Waals surface area contributed by atoms with Gasteiger partial charge in [-0.15, -0.1) is 0 Å². The molecule has 1 N–H and O–H groups in total. The van der Waals surface area contributed by atoms with Crippen LogP contribution in [0.5, 0.6) is 0 Å². The van der Waals surface area contributed by atoms with Crippen molar-refractivity contribution in [1.82, 2.24) is 0 Å². The third kappa shape index (κ3) is 6.31. The molecule has 0 aliphatic heterocycles. The summed E-state index contributed by atoms with van der Waals surface area (Å²) < 4.78 is 9.64. The molecular formula is C23H25NO5. The van der Waals surface area contributed by atoms with Crippen LogP contribution in [0.1, 0.15) is 46.8 Å². The summed E-state index contributed by atoms with van der Waals surface area (Å²) in [6.45, 7) is 5.64. The minimum atomic E-state index is -0.633. The lowest BCUT2D eigenvalue weighted by atomic mass is 9.98. The number of nitrogens with one attached hydrogen (secondary N) is 1. The number of benzene rings is 2. The molecule has 152 valence electrons. The van der Waals surface area contributed by atoms with Crippen molar-refractivity contribution in [3.63, 3.8) is 0 Å². The first-order valence-electron chi connectivity index (χ1n) is 9.24. The highest BCUT2D eigenvalue weighted by molar-refractivity contribution is 5.96. The number of ether oxygens (including phenoxy) is 2. The summed E-state index contributed by atoms with van der Waals surface area (Å²) in [6, 6.07) is 12.4. The fourth-order valence-electron chi connectivity index (χ4n) is 2.72. The van der Waals surface area contributed by atoms with E-state index in [0.717, 1.165) is 16.8 Å². The molecule has 0 spiro atoms. The highest BCUT2D eigenvalue weighted by atomic mass is 16.5. The highest BCUT2D eigenvalue weighted by Gasteiger charge is 2.13. The molecule has 0 saturated heterocycles. The number of hydrogen-bond acceptors (Lipinski definition) is 5. The van der Waals surface area contributed by atoms with Crippen molar-refractivity contribution in [3.8, 4) is 0 Å². The van der Waals surface area contributed by atoms with Crippen LogP contribution in [0.4, 0.5) is 5.69 Å². The van der Waals surface area contributed by atoms with E-state index in [-0.39, 0.29) is 12.5 Å². The predicted molar refractivity (Wildman–Crippen MR) is 112 cm³/mol. The molecule has 0 unspecified atom stereocenters. The van der Waals surface area contributed by atoms with Crippen LogP contribution in [0, 0.1) is 6.92 Å². The maximum Gasteiger partial charge on any atom is 0.337 e. The van der Waals surface area contributed by atoms with Crippen LogP contribution in [-0.4, -0.2) is 31.6 Å².